The van der Waals surface area contributed by atoms with E-state index in [1.165, 1.54) is 0 Å². The first kappa shape index (κ1) is 18.7. The maximum Gasteiger partial charge on any atom is 0.313 e. The van der Waals surface area contributed by atoms with E-state index in [0.717, 1.165) is 18.7 Å². The van der Waals surface area contributed by atoms with Crippen LogP contribution in [-0.2, 0) is 16.8 Å². The summed E-state index contributed by atoms with van der Waals surface area (Å²) in [4.78, 5) is 23.9. The van der Waals surface area contributed by atoms with Crippen LogP contribution in [0.25, 0.3) is 0 Å². The van der Waals surface area contributed by atoms with Gasteiger partial charge in [0.25, 0.3) is 5.91 Å². The van der Waals surface area contributed by atoms with Gasteiger partial charge in [-0.2, -0.15) is 5.10 Å². The largest absolute Gasteiger partial charge is 0.481 e. The molecule has 0 aliphatic rings. The van der Waals surface area contributed by atoms with Gasteiger partial charge in [0.15, 0.2) is 0 Å². The average Bonchev–Trinajstić information content (AvgIpc) is 2.82. The van der Waals surface area contributed by atoms with E-state index >= 15 is 0 Å². The van der Waals surface area contributed by atoms with E-state index in [2.05, 4.69) is 17.3 Å². The Kier molecular flexibility index (Phi) is 5.30. The molecule has 0 aliphatic heterocycles. The molecule has 0 fully saturated rings. The minimum absolute atomic E-state index is 0.206. The van der Waals surface area contributed by atoms with E-state index in [9.17, 15) is 14.7 Å². The second-order valence-electron chi connectivity index (χ2n) is 6.73. The first-order chi connectivity index (χ1) is 11.7. The average molecular weight is 343 g/mol. The van der Waals surface area contributed by atoms with Crippen molar-refractivity contribution in [2.24, 2.45) is 0 Å². The molecule has 25 heavy (non-hydrogen) atoms. The molecule has 134 valence electrons. The van der Waals surface area contributed by atoms with Crippen molar-refractivity contribution in [3.05, 3.63) is 46.8 Å². The van der Waals surface area contributed by atoms with Crippen molar-refractivity contribution in [3.8, 4) is 0 Å². The van der Waals surface area contributed by atoms with Gasteiger partial charge >= 0.3 is 5.97 Å². The van der Waals surface area contributed by atoms with Crippen molar-refractivity contribution in [2.75, 3.05) is 5.32 Å². The number of rotatable bonds is 6. The molecule has 1 aromatic carbocycles. The number of carboxylic acids is 1. The van der Waals surface area contributed by atoms with E-state index in [-0.39, 0.29) is 5.91 Å². The van der Waals surface area contributed by atoms with Crippen LogP contribution in [-0.4, -0.2) is 26.8 Å². The summed E-state index contributed by atoms with van der Waals surface area (Å²) in [5.41, 5.74) is 2.46. The lowest BCUT2D eigenvalue weighted by atomic mass is 9.85. The van der Waals surface area contributed by atoms with E-state index in [1.807, 2.05) is 18.5 Å². The number of carbonyl (C=O) groups excluding carboxylic acids is 1. The summed E-state index contributed by atoms with van der Waals surface area (Å²) < 4.78 is 1.85. The molecule has 0 radical (unpaired) electrons. The first-order valence-electron chi connectivity index (χ1n) is 8.37. The molecule has 0 atom stereocenters. The number of aryl methyl sites for hydroxylation is 2. The summed E-state index contributed by atoms with van der Waals surface area (Å²) in [5.74, 6) is -1.10. The monoisotopic (exact) mass is 343 g/mol. The Morgan fingerprint density at radius 3 is 2.32 bits per heavy atom. The first-order valence-corrected chi connectivity index (χ1v) is 8.37. The lowest BCUT2D eigenvalue weighted by molar-refractivity contribution is -0.142. The maximum atomic E-state index is 12.6. The SMILES string of the molecule is CCCn1nc(C)c(C(=O)Nc2ccc(C(C)(C)C(=O)O)cc2)c1C. The van der Waals surface area contributed by atoms with Gasteiger partial charge in [-0.05, 0) is 51.8 Å². The molecule has 0 bridgehead atoms. The van der Waals surface area contributed by atoms with Crippen molar-refractivity contribution >= 4 is 17.6 Å². The molecule has 6 nitrogen and oxygen atoms in total. The Hall–Kier alpha value is -2.63. The zero-order valence-electron chi connectivity index (χ0n) is 15.4. The Labute approximate surface area is 147 Å². The van der Waals surface area contributed by atoms with Gasteiger partial charge in [0.05, 0.1) is 16.7 Å². The molecule has 1 heterocycles. The van der Waals surface area contributed by atoms with Gasteiger partial charge in [0, 0.05) is 17.9 Å². The lowest BCUT2D eigenvalue weighted by Crippen LogP contribution is -2.28. The fourth-order valence-corrected chi connectivity index (χ4v) is 2.74. The highest BCUT2D eigenvalue weighted by Gasteiger charge is 2.29. The quantitative estimate of drug-likeness (QED) is 0.840. The second-order valence-corrected chi connectivity index (χ2v) is 6.73. The summed E-state index contributed by atoms with van der Waals surface area (Å²) in [7, 11) is 0. The van der Waals surface area contributed by atoms with Gasteiger partial charge in [-0.3, -0.25) is 14.3 Å². The smallest absolute Gasteiger partial charge is 0.313 e. The predicted molar refractivity (Wildman–Crippen MR) is 97.0 cm³/mol. The second kappa shape index (κ2) is 7.09. The van der Waals surface area contributed by atoms with Crippen molar-refractivity contribution < 1.29 is 14.7 Å². The topological polar surface area (TPSA) is 84.2 Å². The summed E-state index contributed by atoms with van der Waals surface area (Å²) in [6.45, 7) is 9.86. The van der Waals surface area contributed by atoms with Gasteiger partial charge in [-0.25, -0.2) is 0 Å². The number of nitrogens with one attached hydrogen (secondary N) is 1. The number of aromatic nitrogens is 2. The predicted octanol–water partition coefficient (Wildman–Crippen LogP) is 3.52. The van der Waals surface area contributed by atoms with E-state index in [0.29, 0.717) is 22.5 Å². The molecule has 0 spiro atoms. The van der Waals surface area contributed by atoms with Crippen LogP contribution in [0.4, 0.5) is 5.69 Å². The van der Waals surface area contributed by atoms with Crippen LogP contribution < -0.4 is 5.32 Å². The number of hydrogen-bond acceptors (Lipinski definition) is 3. The molecule has 0 saturated heterocycles. The van der Waals surface area contributed by atoms with E-state index in [4.69, 9.17) is 0 Å². The molecule has 1 amide bonds. The summed E-state index contributed by atoms with van der Waals surface area (Å²) in [5, 5.41) is 16.6. The van der Waals surface area contributed by atoms with Gasteiger partial charge < -0.3 is 10.4 Å². The highest BCUT2D eigenvalue weighted by molar-refractivity contribution is 6.05. The highest BCUT2D eigenvalue weighted by atomic mass is 16.4. The van der Waals surface area contributed by atoms with Crippen LogP contribution in [0.1, 0.15) is 54.5 Å². The van der Waals surface area contributed by atoms with Crippen LogP contribution in [0, 0.1) is 13.8 Å². The maximum absolute atomic E-state index is 12.6. The number of anilines is 1. The number of amides is 1. The Bertz CT molecular complexity index is 789. The molecule has 2 N–H and O–H groups in total. The Morgan fingerprint density at radius 2 is 1.80 bits per heavy atom. The third-order valence-electron chi connectivity index (χ3n) is 4.44. The zero-order valence-corrected chi connectivity index (χ0v) is 15.4. The van der Waals surface area contributed by atoms with Crippen LogP contribution in [0.3, 0.4) is 0 Å². The minimum Gasteiger partial charge on any atom is -0.481 e. The fourth-order valence-electron chi connectivity index (χ4n) is 2.74. The molecule has 0 unspecified atom stereocenters. The zero-order chi connectivity index (χ0) is 18.8. The molecule has 0 saturated carbocycles. The number of hydrogen-bond donors (Lipinski definition) is 2. The number of aliphatic carboxylic acids is 1. The Morgan fingerprint density at radius 1 is 1.20 bits per heavy atom. The highest BCUT2D eigenvalue weighted by Crippen LogP contribution is 2.25. The molecule has 1 aromatic heterocycles. The van der Waals surface area contributed by atoms with E-state index < -0.39 is 11.4 Å². The van der Waals surface area contributed by atoms with E-state index in [1.54, 1.807) is 38.1 Å². The van der Waals surface area contributed by atoms with Crippen LogP contribution in [0.15, 0.2) is 24.3 Å². The van der Waals surface area contributed by atoms with Gasteiger partial charge in [0.2, 0.25) is 0 Å². The van der Waals surface area contributed by atoms with Crippen molar-refractivity contribution in [1.29, 1.82) is 0 Å². The fraction of sp³-hybridized carbons (Fsp3) is 0.421. The molecular formula is C19H25N3O3. The van der Waals surface area contributed by atoms with Gasteiger partial charge in [-0.15, -0.1) is 0 Å². The van der Waals surface area contributed by atoms with Crippen LogP contribution in [0.2, 0.25) is 0 Å². The van der Waals surface area contributed by atoms with Gasteiger partial charge in [0.1, 0.15) is 0 Å². The molecule has 0 aliphatic carbocycles. The normalized spacial score (nSPS) is 11.4. The molecule has 6 heteroatoms. The van der Waals surface area contributed by atoms with Crippen molar-refractivity contribution in [2.45, 2.75) is 53.0 Å². The number of benzene rings is 1. The number of nitrogens with zero attached hydrogens (tertiary/aromatic N) is 2. The van der Waals surface area contributed by atoms with Crippen molar-refractivity contribution in [1.82, 2.24) is 9.78 Å². The molecule has 2 aromatic rings. The number of carboxylic acid groups (broad SMARTS) is 1. The molecule has 2 rings (SSSR count). The van der Waals surface area contributed by atoms with Crippen molar-refractivity contribution in [3.63, 3.8) is 0 Å². The van der Waals surface area contributed by atoms with Crippen LogP contribution in [0.5, 0.6) is 0 Å². The third kappa shape index (κ3) is 3.73. The third-order valence-corrected chi connectivity index (χ3v) is 4.44. The Balaban J connectivity index is 2.21. The lowest BCUT2D eigenvalue weighted by Gasteiger charge is -2.19. The number of carbonyl (C=O) groups is 2. The summed E-state index contributed by atoms with van der Waals surface area (Å²) in [6.07, 6.45) is 0.948. The van der Waals surface area contributed by atoms with Gasteiger partial charge in [-0.1, -0.05) is 19.1 Å². The molecular weight excluding hydrogens is 318 g/mol. The standard InChI is InChI=1S/C19H25N3O3/c1-6-11-22-13(3)16(12(2)21-22)17(23)20-15-9-7-14(8-10-15)19(4,5)18(24)25/h7-10H,6,11H2,1-5H3,(H,20,23)(H,24,25). The summed E-state index contributed by atoms with van der Waals surface area (Å²) >= 11 is 0. The minimum atomic E-state index is -0.975. The summed E-state index contributed by atoms with van der Waals surface area (Å²) in [6, 6.07) is 6.89. The van der Waals surface area contributed by atoms with Crippen LogP contribution >= 0.6 is 0 Å².